The Hall–Kier alpha value is -1.07. The third-order valence-electron chi connectivity index (χ3n) is 2.88. The van der Waals surface area contributed by atoms with Gasteiger partial charge in [0.25, 0.3) is 0 Å². The molecule has 0 aliphatic rings. The van der Waals surface area contributed by atoms with Crippen LogP contribution >= 0.6 is 0 Å². The van der Waals surface area contributed by atoms with Crippen LogP contribution < -0.4 is 5.32 Å². The number of halogens is 3. The van der Waals surface area contributed by atoms with Crippen LogP contribution in [0, 0.1) is 6.92 Å². The number of benzene rings is 1. The summed E-state index contributed by atoms with van der Waals surface area (Å²) in [6.07, 6.45) is -3.68. The lowest BCUT2D eigenvalue weighted by molar-refractivity contribution is -0.174. The number of nitrogens with one attached hydrogen (secondary N) is 1. The first kappa shape index (κ1) is 16.0. The highest BCUT2D eigenvalue weighted by Crippen LogP contribution is 2.20. The molecule has 0 aliphatic heterocycles. The number of rotatable bonds is 7. The quantitative estimate of drug-likeness (QED) is 0.771. The highest BCUT2D eigenvalue weighted by molar-refractivity contribution is 5.24. The summed E-state index contributed by atoms with van der Waals surface area (Å²) >= 11 is 0. The molecule has 0 saturated heterocycles. The fraction of sp³-hybridized carbons (Fsp3) is 0.571. The van der Waals surface area contributed by atoms with Gasteiger partial charge in [-0.1, -0.05) is 29.8 Å². The van der Waals surface area contributed by atoms with Crippen LogP contribution in [-0.4, -0.2) is 33.0 Å². The molecule has 2 nitrogen and oxygen atoms in total. The Morgan fingerprint density at radius 1 is 1.21 bits per heavy atom. The fourth-order valence-electron chi connectivity index (χ4n) is 1.89. The zero-order chi connectivity index (χ0) is 14.3. The summed E-state index contributed by atoms with van der Waals surface area (Å²) in [5.41, 5.74) is 2.29. The molecule has 1 aromatic rings. The summed E-state index contributed by atoms with van der Waals surface area (Å²) in [5.74, 6) is 0.166. The van der Waals surface area contributed by atoms with E-state index < -0.39 is 12.8 Å². The number of likely N-dealkylation sites (N-methyl/N-ethyl adjacent to an activating group) is 1. The topological polar surface area (TPSA) is 21.3 Å². The lowest BCUT2D eigenvalue weighted by Crippen LogP contribution is -2.21. The Kier molecular flexibility index (Phi) is 6.31. The smallest absolute Gasteiger partial charge is 0.372 e. The average molecular weight is 275 g/mol. The van der Waals surface area contributed by atoms with Gasteiger partial charge in [0.05, 0.1) is 0 Å². The van der Waals surface area contributed by atoms with Crippen molar-refractivity contribution in [1.82, 2.24) is 5.32 Å². The zero-order valence-electron chi connectivity index (χ0n) is 11.3. The number of ether oxygens (including phenoxy) is 1. The molecular weight excluding hydrogens is 255 g/mol. The van der Waals surface area contributed by atoms with Gasteiger partial charge in [0.1, 0.15) is 6.61 Å². The zero-order valence-corrected chi connectivity index (χ0v) is 11.3. The van der Waals surface area contributed by atoms with E-state index >= 15 is 0 Å². The summed E-state index contributed by atoms with van der Waals surface area (Å²) in [4.78, 5) is 0. The molecule has 0 fully saturated rings. The molecular formula is C14H20F3NO. The summed E-state index contributed by atoms with van der Waals surface area (Å²) < 4.78 is 40.5. The molecule has 0 aromatic heterocycles. The minimum absolute atomic E-state index is 0.111. The molecule has 0 saturated carbocycles. The Bertz CT molecular complexity index is 362. The van der Waals surface area contributed by atoms with Gasteiger partial charge in [0.2, 0.25) is 0 Å². The predicted molar refractivity (Wildman–Crippen MR) is 69.3 cm³/mol. The highest BCUT2D eigenvalue weighted by atomic mass is 19.4. The van der Waals surface area contributed by atoms with Crippen LogP contribution in [0.15, 0.2) is 24.3 Å². The van der Waals surface area contributed by atoms with Gasteiger partial charge in [-0.2, -0.15) is 13.2 Å². The molecule has 0 heterocycles. The molecule has 0 spiro atoms. The van der Waals surface area contributed by atoms with E-state index in [-0.39, 0.29) is 12.5 Å². The highest BCUT2D eigenvalue weighted by Gasteiger charge is 2.27. The second-order valence-corrected chi connectivity index (χ2v) is 4.62. The Morgan fingerprint density at radius 3 is 2.37 bits per heavy atom. The number of aryl methyl sites for hydroxylation is 1. The van der Waals surface area contributed by atoms with Crippen LogP contribution in [0.2, 0.25) is 0 Å². The van der Waals surface area contributed by atoms with E-state index in [9.17, 15) is 13.2 Å². The van der Waals surface area contributed by atoms with Crippen molar-refractivity contribution in [2.24, 2.45) is 0 Å². The molecule has 0 radical (unpaired) electrons. The van der Waals surface area contributed by atoms with E-state index in [4.69, 9.17) is 0 Å². The minimum Gasteiger partial charge on any atom is -0.372 e. The van der Waals surface area contributed by atoms with Gasteiger partial charge in [0.15, 0.2) is 0 Å². The average Bonchev–Trinajstić information content (AvgIpc) is 2.33. The number of hydrogen-bond donors (Lipinski definition) is 1. The largest absolute Gasteiger partial charge is 0.411 e. The molecule has 19 heavy (non-hydrogen) atoms. The predicted octanol–water partition coefficient (Wildman–Crippen LogP) is 3.27. The Morgan fingerprint density at radius 2 is 1.84 bits per heavy atom. The molecule has 1 rings (SSSR count). The van der Waals surface area contributed by atoms with Crippen molar-refractivity contribution in [3.63, 3.8) is 0 Å². The fourth-order valence-corrected chi connectivity index (χ4v) is 1.89. The van der Waals surface area contributed by atoms with Crippen LogP contribution in [-0.2, 0) is 4.74 Å². The van der Waals surface area contributed by atoms with Crippen molar-refractivity contribution in [1.29, 1.82) is 0 Å². The van der Waals surface area contributed by atoms with Crippen LogP contribution in [0.25, 0.3) is 0 Å². The standard InChI is InChI=1S/C14H20F3NO/c1-11-3-5-12(6-4-11)13(9-18-2)7-8-19-10-14(15,16)17/h3-6,13,18H,7-10H2,1-2H3. The van der Waals surface area contributed by atoms with Crippen molar-refractivity contribution in [3.8, 4) is 0 Å². The van der Waals surface area contributed by atoms with Gasteiger partial charge in [0, 0.05) is 13.2 Å². The van der Waals surface area contributed by atoms with Crippen LogP contribution in [0.5, 0.6) is 0 Å². The van der Waals surface area contributed by atoms with E-state index in [1.807, 2.05) is 38.2 Å². The van der Waals surface area contributed by atoms with E-state index in [0.29, 0.717) is 6.42 Å². The van der Waals surface area contributed by atoms with Crippen molar-refractivity contribution in [3.05, 3.63) is 35.4 Å². The van der Waals surface area contributed by atoms with Crippen molar-refractivity contribution in [2.75, 3.05) is 26.8 Å². The van der Waals surface area contributed by atoms with Gasteiger partial charge < -0.3 is 10.1 Å². The maximum absolute atomic E-state index is 12.0. The minimum atomic E-state index is -4.25. The molecule has 108 valence electrons. The number of alkyl halides is 3. The second-order valence-electron chi connectivity index (χ2n) is 4.62. The maximum Gasteiger partial charge on any atom is 0.411 e. The Labute approximate surface area is 112 Å². The number of hydrogen-bond acceptors (Lipinski definition) is 2. The first-order chi connectivity index (χ1) is 8.92. The molecule has 1 aromatic carbocycles. The van der Waals surface area contributed by atoms with Gasteiger partial charge in [-0.15, -0.1) is 0 Å². The van der Waals surface area contributed by atoms with Crippen LogP contribution in [0.1, 0.15) is 23.5 Å². The van der Waals surface area contributed by atoms with Gasteiger partial charge in [-0.3, -0.25) is 0 Å². The third kappa shape index (κ3) is 6.59. The first-order valence-electron chi connectivity index (χ1n) is 6.28. The molecule has 0 amide bonds. The normalized spacial score (nSPS) is 13.5. The first-order valence-corrected chi connectivity index (χ1v) is 6.28. The molecule has 0 aliphatic carbocycles. The third-order valence-corrected chi connectivity index (χ3v) is 2.88. The van der Waals surface area contributed by atoms with E-state index in [1.165, 1.54) is 5.56 Å². The van der Waals surface area contributed by atoms with Crippen LogP contribution in [0.4, 0.5) is 13.2 Å². The van der Waals surface area contributed by atoms with Gasteiger partial charge in [-0.05, 0) is 31.9 Å². The van der Waals surface area contributed by atoms with Crippen molar-refractivity contribution >= 4 is 0 Å². The van der Waals surface area contributed by atoms with Crippen molar-refractivity contribution < 1.29 is 17.9 Å². The molecule has 1 atom stereocenters. The second kappa shape index (κ2) is 7.50. The monoisotopic (exact) mass is 275 g/mol. The lowest BCUT2D eigenvalue weighted by atomic mass is 9.95. The van der Waals surface area contributed by atoms with E-state index in [1.54, 1.807) is 0 Å². The van der Waals surface area contributed by atoms with Gasteiger partial charge in [-0.25, -0.2) is 0 Å². The summed E-state index contributed by atoms with van der Waals surface area (Å²) in [6.45, 7) is 1.66. The SMILES string of the molecule is CNCC(CCOCC(F)(F)F)c1ccc(C)cc1. The lowest BCUT2D eigenvalue weighted by Gasteiger charge is -2.17. The summed E-state index contributed by atoms with van der Waals surface area (Å²) in [5, 5.41) is 3.06. The van der Waals surface area contributed by atoms with E-state index in [0.717, 1.165) is 12.1 Å². The maximum atomic E-state index is 12.0. The summed E-state index contributed by atoms with van der Waals surface area (Å²) in [7, 11) is 1.83. The molecule has 1 unspecified atom stereocenters. The van der Waals surface area contributed by atoms with Gasteiger partial charge >= 0.3 is 6.18 Å². The molecule has 5 heteroatoms. The molecule has 1 N–H and O–H groups in total. The van der Waals surface area contributed by atoms with Crippen LogP contribution in [0.3, 0.4) is 0 Å². The van der Waals surface area contributed by atoms with Crippen molar-refractivity contribution in [2.45, 2.75) is 25.4 Å². The summed E-state index contributed by atoms with van der Waals surface area (Å²) in [6, 6.07) is 8.05. The van der Waals surface area contributed by atoms with E-state index in [2.05, 4.69) is 10.1 Å². The molecule has 0 bridgehead atoms. The Balaban J connectivity index is 2.47.